The Labute approximate surface area is 86.0 Å². The smallest absolute Gasteiger partial charge is 0.222 e. The van der Waals surface area contributed by atoms with E-state index < -0.39 is 5.54 Å². The second-order valence-electron chi connectivity index (χ2n) is 4.50. The van der Waals surface area contributed by atoms with Crippen molar-refractivity contribution < 1.29 is 4.92 Å². The molecule has 0 aromatic rings. The highest BCUT2D eigenvalue weighted by Crippen LogP contribution is 2.35. The van der Waals surface area contributed by atoms with Crippen molar-refractivity contribution in [3.8, 4) is 0 Å². The predicted octanol–water partition coefficient (Wildman–Crippen LogP) is 3.55. The molecule has 0 aliphatic heterocycles. The van der Waals surface area contributed by atoms with E-state index in [9.17, 15) is 10.1 Å². The van der Waals surface area contributed by atoms with Gasteiger partial charge in [-0.2, -0.15) is 0 Å². The summed E-state index contributed by atoms with van der Waals surface area (Å²) in [4.78, 5) is 11.1. The van der Waals surface area contributed by atoms with E-state index in [0.717, 1.165) is 51.4 Å². The van der Waals surface area contributed by atoms with Gasteiger partial charge in [0.15, 0.2) is 0 Å². The van der Waals surface area contributed by atoms with Crippen molar-refractivity contribution in [2.24, 2.45) is 0 Å². The number of hydrogen-bond acceptors (Lipinski definition) is 2. The Kier molecular flexibility index (Phi) is 4.36. The minimum Gasteiger partial charge on any atom is -0.264 e. The van der Waals surface area contributed by atoms with E-state index >= 15 is 0 Å². The monoisotopic (exact) mass is 199 g/mol. The number of rotatable bonds is 5. The molecule has 82 valence electrons. The molecule has 0 unspecified atom stereocenters. The summed E-state index contributed by atoms with van der Waals surface area (Å²) in [5.41, 5.74) is -0.548. The maximum atomic E-state index is 11.1. The fraction of sp³-hybridized carbons (Fsp3) is 1.00. The fourth-order valence-electron chi connectivity index (χ4n) is 2.44. The second-order valence-corrected chi connectivity index (χ2v) is 4.50. The highest BCUT2D eigenvalue weighted by molar-refractivity contribution is 4.82. The lowest BCUT2D eigenvalue weighted by atomic mass is 9.79. The lowest BCUT2D eigenvalue weighted by Gasteiger charge is -2.29. The van der Waals surface area contributed by atoms with E-state index in [1.54, 1.807) is 0 Å². The summed E-state index contributed by atoms with van der Waals surface area (Å²) < 4.78 is 0. The van der Waals surface area contributed by atoms with Gasteiger partial charge < -0.3 is 0 Å². The van der Waals surface area contributed by atoms with Crippen LogP contribution in [-0.2, 0) is 0 Å². The summed E-state index contributed by atoms with van der Waals surface area (Å²) in [6, 6.07) is 0. The van der Waals surface area contributed by atoms with E-state index in [1.807, 2.05) is 0 Å². The Balaban J connectivity index is 2.47. The first-order valence-electron chi connectivity index (χ1n) is 5.86. The van der Waals surface area contributed by atoms with Crippen LogP contribution in [0.4, 0.5) is 0 Å². The van der Waals surface area contributed by atoms with Crippen LogP contribution < -0.4 is 0 Å². The summed E-state index contributed by atoms with van der Waals surface area (Å²) in [7, 11) is 0. The molecule has 0 heterocycles. The molecule has 0 spiro atoms. The van der Waals surface area contributed by atoms with E-state index in [0.29, 0.717) is 0 Å². The Morgan fingerprint density at radius 2 is 1.86 bits per heavy atom. The van der Waals surface area contributed by atoms with Gasteiger partial charge in [0.1, 0.15) is 0 Å². The van der Waals surface area contributed by atoms with Crippen LogP contribution in [0.25, 0.3) is 0 Å². The van der Waals surface area contributed by atoms with Gasteiger partial charge in [-0.3, -0.25) is 10.1 Å². The van der Waals surface area contributed by atoms with Crippen LogP contribution in [0.1, 0.15) is 64.7 Å². The third-order valence-corrected chi connectivity index (χ3v) is 3.42. The van der Waals surface area contributed by atoms with Gasteiger partial charge in [0, 0.05) is 24.2 Å². The Morgan fingerprint density at radius 1 is 1.21 bits per heavy atom. The molecule has 3 nitrogen and oxygen atoms in total. The molecule has 1 aliphatic rings. The van der Waals surface area contributed by atoms with E-state index in [4.69, 9.17) is 0 Å². The molecular formula is C11H21NO2. The molecule has 14 heavy (non-hydrogen) atoms. The minimum absolute atomic E-state index is 0.00181. The zero-order valence-corrected chi connectivity index (χ0v) is 9.13. The van der Waals surface area contributed by atoms with Gasteiger partial charge in [0.25, 0.3) is 0 Å². The van der Waals surface area contributed by atoms with Gasteiger partial charge in [-0.25, -0.2) is 0 Å². The first kappa shape index (κ1) is 11.5. The van der Waals surface area contributed by atoms with Crippen LogP contribution >= 0.6 is 0 Å². The van der Waals surface area contributed by atoms with Crippen molar-refractivity contribution in [3.63, 3.8) is 0 Å². The molecule has 0 saturated heterocycles. The normalized spacial score (nSPS) is 20.6. The molecule has 3 heteroatoms. The molecular weight excluding hydrogens is 178 g/mol. The van der Waals surface area contributed by atoms with Gasteiger partial charge in [0.05, 0.1) is 0 Å². The van der Waals surface area contributed by atoms with Gasteiger partial charge >= 0.3 is 0 Å². The summed E-state index contributed by atoms with van der Waals surface area (Å²) in [5.74, 6) is 0. The van der Waals surface area contributed by atoms with Crippen molar-refractivity contribution in [2.45, 2.75) is 70.3 Å². The van der Waals surface area contributed by atoms with E-state index in [-0.39, 0.29) is 4.92 Å². The standard InChI is InChI=1S/C11H21NO2/c1-2-3-5-8-11(12(13)14)9-6-4-7-10-11/h2-10H2,1H3. The van der Waals surface area contributed by atoms with Gasteiger partial charge in [-0.1, -0.05) is 26.2 Å². The Morgan fingerprint density at radius 3 is 2.36 bits per heavy atom. The molecule has 0 aromatic heterocycles. The number of hydrogen-bond donors (Lipinski definition) is 0. The molecule has 0 amide bonds. The van der Waals surface area contributed by atoms with Crippen molar-refractivity contribution in [1.29, 1.82) is 0 Å². The molecule has 0 N–H and O–H groups in total. The summed E-state index contributed by atoms with van der Waals surface area (Å²) in [6.45, 7) is 2.14. The average Bonchev–Trinajstić information content (AvgIpc) is 2.19. The van der Waals surface area contributed by atoms with Crippen LogP contribution in [-0.4, -0.2) is 10.5 Å². The third kappa shape index (κ3) is 2.69. The topological polar surface area (TPSA) is 43.1 Å². The maximum absolute atomic E-state index is 11.1. The Bertz CT molecular complexity index is 186. The molecule has 0 bridgehead atoms. The molecule has 0 radical (unpaired) electrons. The lowest BCUT2D eigenvalue weighted by molar-refractivity contribution is -0.576. The Hall–Kier alpha value is -0.600. The molecule has 0 atom stereocenters. The molecule has 0 aromatic carbocycles. The number of unbranched alkanes of at least 4 members (excludes halogenated alkanes) is 2. The first-order valence-corrected chi connectivity index (χ1v) is 5.86. The van der Waals surface area contributed by atoms with Crippen molar-refractivity contribution in [3.05, 3.63) is 10.1 Å². The molecule has 1 saturated carbocycles. The third-order valence-electron chi connectivity index (χ3n) is 3.42. The molecule has 1 aliphatic carbocycles. The number of nitrogens with zero attached hydrogens (tertiary/aromatic N) is 1. The van der Waals surface area contributed by atoms with Gasteiger partial charge in [-0.05, 0) is 19.3 Å². The zero-order chi connectivity index (χ0) is 10.4. The predicted molar refractivity (Wildman–Crippen MR) is 57.0 cm³/mol. The van der Waals surface area contributed by atoms with Crippen LogP contribution in [0.2, 0.25) is 0 Å². The van der Waals surface area contributed by atoms with Gasteiger partial charge in [0.2, 0.25) is 5.54 Å². The van der Waals surface area contributed by atoms with Crippen molar-refractivity contribution in [2.75, 3.05) is 0 Å². The second kappa shape index (κ2) is 5.32. The zero-order valence-electron chi connectivity index (χ0n) is 9.13. The molecule has 1 rings (SSSR count). The highest BCUT2D eigenvalue weighted by Gasteiger charge is 2.42. The SMILES string of the molecule is CCCCCC1([N+](=O)[O-])CCCCC1. The van der Waals surface area contributed by atoms with Crippen molar-refractivity contribution in [1.82, 2.24) is 0 Å². The summed E-state index contributed by atoms with van der Waals surface area (Å²) >= 11 is 0. The summed E-state index contributed by atoms with van der Waals surface area (Å²) in [5, 5.41) is 11.1. The fourth-order valence-corrected chi connectivity index (χ4v) is 2.44. The van der Waals surface area contributed by atoms with E-state index in [1.165, 1.54) is 6.42 Å². The lowest BCUT2D eigenvalue weighted by Crippen LogP contribution is -2.40. The molecule has 1 fully saturated rings. The summed E-state index contributed by atoms with van der Waals surface area (Å²) in [6.07, 6.45) is 9.01. The van der Waals surface area contributed by atoms with Crippen LogP contribution in [0.15, 0.2) is 0 Å². The maximum Gasteiger partial charge on any atom is 0.222 e. The largest absolute Gasteiger partial charge is 0.264 e. The minimum atomic E-state index is -0.548. The first-order chi connectivity index (χ1) is 6.71. The number of nitro groups is 1. The van der Waals surface area contributed by atoms with E-state index in [2.05, 4.69) is 6.92 Å². The van der Waals surface area contributed by atoms with Gasteiger partial charge in [-0.15, -0.1) is 0 Å². The highest BCUT2D eigenvalue weighted by atomic mass is 16.6. The van der Waals surface area contributed by atoms with Crippen LogP contribution in [0, 0.1) is 10.1 Å². The van der Waals surface area contributed by atoms with Crippen LogP contribution in [0.5, 0.6) is 0 Å². The van der Waals surface area contributed by atoms with Crippen LogP contribution in [0.3, 0.4) is 0 Å². The average molecular weight is 199 g/mol. The van der Waals surface area contributed by atoms with Crippen molar-refractivity contribution >= 4 is 0 Å². The quantitative estimate of drug-likeness (QED) is 0.386.